The summed E-state index contributed by atoms with van der Waals surface area (Å²) in [6.45, 7) is 7.94. The van der Waals surface area contributed by atoms with Gasteiger partial charge < -0.3 is 35.0 Å². The Morgan fingerprint density at radius 3 is 2.20 bits per heavy atom. The van der Waals surface area contributed by atoms with E-state index in [1.165, 1.54) is 4.90 Å². The lowest BCUT2D eigenvalue weighted by Gasteiger charge is -2.36. The van der Waals surface area contributed by atoms with Gasteiger partial charge in [-0.25, -0.2) is 0 Å². The zero-order valence-corrected chi connectivity index (χ0v) is 26.5. The minimum Gasteiger partial charge on any atom is -0.494 e. The molecule has 242 valence electrons. The first-order chi connectivity index (χ1) is 22.3. The number of nitrogens with one attached hydrogen (secondary N) is 2. The van der Waals surface area contributed by atoms with Gasteiger partial charge in [-0.3, -0.25) is 14.4 Å². The minimum atomic E-state index is -1.21. The molecule has 6 atom stereocenters. The molecule has 3 aliphatic rings. The van der Waals surface area contributed by atoms with Gasteiger partial charge >= 0.3 is 0 Å². The van der Waals surface area contributed by atoms with Crippen molar-refractivity contribution in [3.05, 3.63) is 84.4 Å². The topological polar surface area (TPSA) is 120 Å². The van der Waals surface area contributed by atoms with Gasteiger partial charge in [0, 0.05) is 30.2 Å². The average Bonchev–Trinajstić information content (AvgIpc) is 3.72. The second-order valence-corrected chi connectivity index (χ2v) is 12.1. The fraction of sp³-hybridized carbons (Fsp3) is 0.417. The Bertz CT molecular complexity index is 1540. The molecule has 10 nitrogen and oxygen atoms in total. The molecule has 0 radical (unpaired) electrons. The number of aliphatic hydroxyl groups excluding tert-OH is 1. The van der Waals surface area contributed by atoms with E-state index in [1.54, 1.807) is 24.3 Å². The summed E-state index contributed by atoms with van der Waals surface area (Å²) in [7, 11) is 0. The Labute approximate surface area is 269 Å². The van der Waals surface area contributed by atoms with Crippen molar-refractivity contribution in [2.45, 2.75) is 57.4 Å². The molecule has 0 aromatic heterocycles. The largest absolute Gasteiger partial charge is 0.494 e. The van der Waals surface area contributed by atoms with Crippen LogP contribution in [-0.4, -0.2) is 71.8 Å². The molecule has 3 aromatic rings. The van der Waals surface area contributed by atoms with Gasteiger partial charge in [-0.15, -0.1) is 0 Å². The van der Waals surface area contributed by atoms with Crippen LogP contribution in [0, 0.1) is 11.8 Å². The third-order valence-corrected chi connectivity index (χ3v) is 9.68. The van der Waals surface area contributed by atoms with Crippen LogP contribution in [0.25, 0.3) is 0 Å². The summed E-state index contributed by atoms with van der Waals surface area (Å²) in [5, 5.41) is 16.7. The lowest BCUT2D eigenvalue weighted by atomic mass is 9.70. The van der Waals surface area contributed by atoms with Gasteiger partial charge in [0.1, 0.15) is 17.4 Å². The van der Waals surface area contributed by atoms with Crippen molar-refractivity contribution in [1.29, 1.82) is 0 Å². The summed E-state index contributed by atoms with van der Waals surface area (Å²) in [4.78, 5) is 46.4. The van der Waals surface area contributed by atoms with Crippen LogP contribution in [0.2, 0.25) is 0 Å². The Balaban J connectivity index is 1.33. The molecule has 2 bridgehead atoms. The van der Waals surface area contributed by atoms with E-state index in [1.807, 2.05) is 61.5 Å². The van der Waals surface area contributed by atoms with Crippen LogP contribution in [0.3, 0.4) is 0 Å². The van der Waals surface area contributed by atoms with Crippen LogP contribution < -0.4 is 20.3 Å². The summed E-state index contributed by atoms with van der Waals surface area (Å²) < 4.78 is 12.1. The zero-order chi connectivity index (χ0) is 32.4. The lowest BCUT2D eigenvalue weighted by Crippen LogP contribution is -2.54. The summed E-state index contributed by atoms with van der Waals surface area (Å²) >= 11 is 0. The van der Waals surface area contributed by atoms with E-state index >= 15 is 0 Å². The minimum absolute atomic E-state index is 0.331. The molecule has 2 unspecified atom stereocenters. The number of carbonyl (C=O) groups excluding carboxylic acids is 3. The molecule has 0 saturated carbocycles. The number of amides is 3. The number of aliphatic hydroxyl groups is 1. The van der Waals surface area contributed by atoms with Crippen molar-refractivity contribution in [1.82, 2.24) is 4.90 Å². The molecule has 1 spiro atoms. The first-order valence-corrected chi connectivity index (χ1v) is 16.2. The molecule has 10 heteroatoms. The molecule has 3 heterocycles. The van der Waals surface area contributed by atoms with Crippen molar-refractivity contribution in [2.24, 2.45) is 11.8 Å². The number of rotatable bonds is 12. The maximum absolute atomic E-state index is 14.5. The maximum atomic E-state index is 14.5. The van der Waals surface area contributed by atoms with Gasteiger partial charge in [-0.2, -0.15) is 0 Å². The first-order valence-electron chi connectivity index (χ1n) is 16.2. The molecular formula is C36H42N4O6. The zero-order valence-electron chi connectivity index (χ0n) is 26.5. The van der Waals surface area contributed by atoms with E-state index < -0.39 is 48.1 Å². The quantitative estimate of drug-likeness (QED) is 0.269. The second-order valence-electron chi connectivity index (χ2n) is 12.1. The molecule has 3 aliphatic heterocycles. The Kier molecular flexibility index (Phi) is 9.02. The molecule has 3 aromatic carbocycles. The van der Waals surface area contributed by atoms with Crippen molar-refractivity contribution < 1.29 is 29.0 Å². The van der Waals surface area contributed by atoms with E-state index in [0.717, 1.165) is 18.8 Å². The number of anilines is 3. The van der Waals surface area contributed by atoms with Crippen LogP contribution in [0.1, 0.15) is 45.2 Å². The van der Waals surface area contributed by atoms with Gasteiger partial charge in [-0.1, -0.05) is 30.3 Å². The van der Waals surface area contributed by atoms with Crippen LogP contribution in [0.4, 0.5) is 17.1 Å². The highest BCUT2D eigenvalue weighted by Crippen LogP contribution is 2.60. The van der Waals surface area contributed by atoms with Crippen LogP contribution in [0.5, 0.6) is 5.75 Å². The van der Waals surface area contributed by atoms with Crippen molar-refractivity contribution >= 4 is 34.8 Å². The predicted octanol–water partition coefficient (Wildman–Crippen LogP) is 4.62. The average molecular weight is 627 g/mol. The third kappa shape index (κ3) is 5.49. The Morgan fingerprint density at radius 1 is 0.957 bits per heavy atom. The standard InChI is InChI=1S/C36H42N4O6/c1-4-39(5-2)26-16-12-24(13-17-26)38-34(43)32-36-21-20-29(46-36)30(33(42)37-25-14-18-27(19-15-25)45-6-3)31(36)35(44)40(32)28(22-41)23-10-8-7-9-11-23/h7-19,28-32,41H,4-6,20-22H2,1-3H3,(H,37,42)(H,38,43)/t28-,29-,30+,31+,32?,36?/m1/s1. The number of benzene rings is 3. The summed E-state index contributed by atoms with van der Waals surface area (Å²) in [5.74, 6) is -2.09. The SMILES string of the molecule is CCOc1ccc(NC(=O)[C@@H]2[C@H]3C(=O)N([C@H](CO)c4ccccc4)C(C(=O)Nc4ccc(N(CC)CC)cc4)C34CC[C@H]2O4)cc1. The van der Waals surface area contributed by atoms with Crippen molar-refractivity contribution in [3.63, 3.8) is 0 Å². The summed E-state index contributed by atoms with van der Waals surface area (Å²) in [6, 6.07) is 22.0. The van der Waals surface area contributed by atoms with E-state index in [2.05, 4.69) is 29.4 Å². The van der Waals surface area contributed by atoms with Crippen LogP contribution in [0.15, 0.2) is 78.9 Å². The smallest absolute Gasteiger partial charge is 0.250 e. The number of hydrogen-bond donors (Lipinski definition) is 3. The molecule has 3 fully saturated rings. The van der Waals surface area contributed by atoms with Gasteiger partial charge in [0.05, 0.1) is 37.2 Å². The highest BCUT2D eigenvalue weighted by Gasteiger charge is 2.75. The fourth-order valence-electron chi connectivity index (χ4n) is 7.64. The Hall–Kier alpha value is -4.41. The summed E-state index contributed by atoms with van der Waals surface area (Å²) in [5.41, 5.74) is 1.69. The number of likely N-dealkylation sites (tertiary alicyclic amines) is 1. The van der Waals surface area contributed by atoms with Gasteiger partial charge in [0.15, 0.2) is 0 Å². The first kappa shape index (κ1) is 31.6. The normalized spacial score (nSPS) is 25.2. The second kappa shape index (κ2) is 13.1. The highest BCUT2D eigenvalue weighted by molar-refractivity contribution is 6.05. The fourth-order valence-corrected chi connectivity index (χ4v) is 7.64. The van der Waals surface area contributed by atoms with Gasteiger partial charge in [0.2, 0.25) is 17.7 Å². The van der Waals surface area contributed by atoms with Crippen LogP contribution >= 0.6 is 0 Å². The van der Waals surface area contributed by atoms with Gasteiger partial charge in [0.25, 0.3) is 0 Å². The molecule has 46 heavy (non-hydrogen) atoms. The van der Waals surface area contributed by atoms with Crippen LogP contribution in [-0.2, 0) is 19.1 Å². The predicted molar refractivity (Wildman–Crippen MR) is 176 cm³/mol. The Morgan fingerprint density at radius 2 is 1.59 bits per heavy atom. The molecule has 3 N–H and O–H groups in total. The highest BCUT2D eigenvalue weighted by atomic mass is 16.5. The lowest BCUT2D eigenvalue weighted by molar-refractivity contribution is -0.143. The van der Waals surface area contributed by atoms with E-state index in [9.17, 15) is 19.5 Å². The van der Waals surface area contributed by atoms with Crippen molar-refractivity contribution in [2.75, 3.05) is 41.8 Å². The van der Waals surface area contributed by atoms with E-state index in [-0.39, 0.29) is 11.8 Å². The number of carbonyl (C=O) groups is 3. The van der Waals surface area contributed by atoms with E-state index in [4.69, 9.17) is 9.47 Å². The van der Waals surface area contributed by atoms with Crippen molar-refractivity contribution in [3.8, 4) is 5.75 Å². The molecule has 6 rings (SSSR count). The number of hydrogen-bond acceptors (Lipinski definition) is 7. The molecule has 3 amide bonds. The summed E-state index contributed by atoms with van der Waals surface area (Å²) in [6.07, 6.45) is 0.478. The third-order valence-electron chi connectivity index (χ3n) is 9.68. The number of ether oxygens (including phenoxy) is 2. The molecular weight excluding hydrogens is 584 g/mol. The van der Waals surface area contributed by atoms with Gasteiger partial charge in [-0.05, 0) is 87.7 Å². The van der Waals surface area contributed by atoms with E-state index in [0.29, 0.717) is 42.1 Å². The molecule has 3 saturated heterocycles. The molecule has 0 aliphatic carbocycles. The number of nitrogens with zero attached hydrogens (tertiary/aromatic N) is 2. The number of fused-ring (bicyclic) bond motifs is 1. The maximum Gasteiger partial charge on any atom is 0.250 e. The monoisotopic (exact) mass is 626 g/mol.